The van der Waals surface area contributed by atoms with E-state index in [1.165, 1.54) is 6.33 Å². The fourth-order valence-electron chi connectivity index (χ4n) is 3.23. The minimum Gasteiger partial charge on any atom is -0.465 e. The van der Waals surface area contributed by atoms with Crippen molar-refractivity contribution in [1.82, 2.24) is 29.8 Å². The van der Waals surface area contributed by atoms with E-state index in [9.17, 15) is 9.59 Å². The first-order valence-corrected chi connectivity index (χ1v) is 8.33. The van der Waals surface area contributed by atoms with E-state index in [2.05, 4.69) is 20.4 Å². The van der Waals surface area contributed by atoms with Gasteiger partial charge < -0.3 is 21.1 Å². The first-order chi connectivity index (χ1) is 13.0. The third-order valence-corrected chi connectivity index (χ3v) is 4.58. The van der Waals surface area contributed by atoms with Crippen molar-refractivity contribution < 1.29 is 14.7 Å². The Morgan fingerprint density at radius 2 is 2.04 bits per heavy atom. The summed E-state index contributed by atoms with van der Waals surface area (Å²) in [6.07, 6.45) is 3.61. The number of carbonyl (C=O) groups excluding carboxylic acids is 1. The van der Waals surface area contributed by atoms with Gasteiger partial charge in [-0.05, 0) is 18.2 Å². The summed E-state index contributed by atoms with van der Waals surface area (Å²) in [6.45, 7) is 1.28. The predicted molar refractivity (Wildman–Crippen MR) is 96.1 cm³/mol. The van der Waals surface area contributed by atoms with Crippen LogP contribution in [0.25, 0.3) is 16.8 Å². The van der Waals surface area contributed by atoms with E-state index < -0.39 is 6.09 Å². The topological polar surface area (TPSA) is 139 Å². The Kier molecular flexibility index (Phi) is 4.07. The minimum atomic E-state index is -1.06. The number of rotatable bonds is 4. The number of amides is 2. The molecule has 3 aromatic heterocycles. The third-order valence-electron chi connectivity index (χ3n) is 4.58. The Labute approximate surface area is 153 Å². The number of hydrogen-bond donors (Lipinski definition) is 3. The third kappa shape index (κ3) is 3.01. The average Bonchev–Trinajstić information content (AvgIpc) is 3.02. The van der Waals surface area contributed by atoms with E-state index in [1.54, 1.807) is 27.9 Å². The van der Waals surface area contributed by atoms with Crippen molar-refractivity contribution in [3.63, 3.8) is 0 Å². The molecule has 3 aromatic rings. The summed E-state index contributed by atoms with van der Waals surface area (Å²) in [5, 5.41) is 15.3. The second-order valence-corrected chi connectivity index (χ2v) is 6.35. The highest BCUT2D eigenvalue weighted by molar-refractivity contribution is 6.05. The van der Waals surface area contributed by atoms with Gasteiger partial charge in [-0.25, -0.2) is 14.3 Å². The minimum absolute atomic E-state index is 0.104. The molecule has 0 aliphatic carbocycles. The second-order valence-electron chi connectivity index (χ2n) is 6.35. The maximum Gasteiger partial charge on any atom is 0.404 e. The summed E-state index contributed by atoms with van der Waals surface area (Å²) < 4.78 is 1.61. The molecule has 0 saturated carbocycles. The van der Waals surface area contributed by atoms with Crippen LogP contribution in [0, 0.1) is 5.92 Å². The van der Waals surface area contributed by atoms with Crippen LogP contribution >= 0.6 is 0 Å². The maximum atomic E-state index is 13.0. The zero-order valence-electron chi connectivity index (χ0n) is 14.2. The van der Waals surface area contributed by atoms with Gasteiger partial charge in [0.15, 0.2) is 5.82 Å². The van der Waals surface area contributed by atoms with E-state index >= 15 is 0 Å². The lowest BCUT2D eigenvalue weighted by atomic mass is 9.99. The van der Waals surface area contributed by atoms with Crippen LogP contribution in [0.2, 0.25) is 0 Å². The van der Waals surface area contributed by atoms with Gasteiger partial charge in [0.25, 0.3) is 5.91 Å². The summed E-state index contributed by atoms with van der Waals surface area (Å²) >= 11 is 0. The normalized spacial score (nSPS) is 14.1. The molecule has 4 heterocycles. The molecule has 0 aromatic carbocycles. The van der Waals surface area contributed by atoms with Crippen LogP contribution in [0.3, 0.4) is 0 Å². The zero-order chi connectivity index (χ0) is 19.0. The van der Waals surface area contributed by atoms with Gasteiger partial charge in [-0.15, -0.1) is 0 Å². The lowest BCUT2D eigenvalue weighted by molar-refractivity contribution is 0.0504. The molecule has 0 unspecified atom stereocenters. The number of aromatic nitrogens is 4. The maximum absolute atomic E-state index is 13.0. The predicted octanol–water partition coefficient (Wildman–Crippen LogP) is 0.713. The van der Waals surface area contributed by atoms with E-state index in [0.717, 1.165) is 11.3 Å². The number of fused-ring (bicyclic) bond motifs is 1. The number of nitrogens with zero attached hydrogens (tertiary/aromatic N) is 5. The highest BCUT2D eigenvalue weighted by Gasteiger charge is 2.33. The van der Waals surface area contributed by atoms with Gasteiger partial charge in [-0.3, -0.25) is 9.78 Å². The molecule has 27 heavy (non-hydrogen) atoms. The Morgan fingerprint density at radius 1 is 1.30 bits per heavy atom. The molecule has 0 atom stereocenters. The van der Waals surface area contributed by atoms with Gasteiger partial charge in [0.2, 0.25) is 0 Å². The number of nitrogens with two attached hydrogens (primary N) is 1. The summed E-state index contributed by atoms with van der Waals surface area (Å²) in [7, 11) is 0. The number of pyridine rings is 1. The molecule has 4 N–H and O–H groups in total. The zero-order valence-corrected chi connectivity index (χ0v) is 14.2. The molecule has 138 valence electrons. The average molecular weight is 367 g/mol. The molecule has 0 radical (unpaired) electrons. The summed E-state index contributed by atoms with van der Waals surface area (Å²) in [4.78, 5) is 33.2. The lowest BCUT2D eigenvalue weighted by Gasteiger charge is -2.39. The number of nitrogens with one attached hydrogen (secondary N) is 1. The monoisotopic (exact) mass is 367 g/mol. The molecule has 0 spiro atoms. The number of hydrogen-bond acceptors (Lipinski definition) is 6. The second kappa shape index (κ2) is 6.56. The summed E-state index contributed by atoms with van der Waals surface area (Å²) in [5.41, 5.74) is 8.47. The van der Waals surface area contributed by atoms with Gasteiger partial charge in [-0.2, -0.15) is 5.10 Å². The molecule has 1 saturated heterocycles. The van der Waals surface area contributed by atoms with E-state index in [-0.39, 0.29) is 17.6 Å². The van der Waals surface area contributed by atoms with Gasteiger partial charge in [0, 0.05) is 43.5 Å². The summed E-state index contributed by atoms with van der Waals surface area (Å²) in [5.74, 6) is 0.145. The van der Waals surface area contributed by atoms with Crippen molar-refractivity contribution in [1.29, 1.82) is 0 Å². The molecule has 2 amide bonds. The van der Waals surface area contributed by atoms with Crippen molar-refractivity contribution in [2.24, 2.45) is 5.92 Å². The Morgan fingerprint density at radius 3 is 2.74 bits per heavy atom. The smallest absolute Gasteiger partial charge is 0.404 e. The molecule has 10 nitrogen and oxygen atoms in total. The molecule has 1 aliphatic rings. The summed E-state index contributed by atoms with van der Waals surface area (Å²) in [6, 6.07) is 5.40. The van der Waals surface area contributed by atoms with Gasteiger partial charge in [0.05, 0.1) is 11.3 Å². The quantitative estimate of drug-likeness (QED) is 0.617. The number of anilines is 1. The van der Waals surface area contributed by atoms with Crippen molar-refractivity contribution in [2.45, 2.75) is 0 Å². The van der Waals surface area contributed by atoms with Crippen LogP contribution in [-0.4, -0.2) is 61.2 Å². The number of carbonyl (C=O) groups is 2. The molecule has 0 bridgehead atoms. The number of nitrogen functional groups attached to an aromatic ring is 1. The Balaban J connectivity index is 1.65. The first kappa shape index (κ1) is 16.8. The molecule has 4 rings (SSSR count). The van der Waals surface area contributed by atoms with E-state index in [1.807, 2.05) is 12.1 Å². The fraction of sp³-hybridized carbons (Fsp3) is 0.235. The van der Waals surface area contributed by atoms with Crippen LogP contribution in [0.5, 0.6) is 0 Å². The number of carboxylic acid groups (broad SMARTS) is 1. The molecule has 1 aliphatic heterocycles. The SMILES string of the molecule is Nc1ncnn2c(-c3ccncc3)cc(C(=O)N3CC(CNC(=O)O)C3)c12. The van der Waals surface area contributed by atoms with Crippen LogP contribution in [-0.2, 0) is 0 Å². The highest BCUT2D eigenvalue weighted by Crippen LogP contribution is 2.29. The van der Waals surface area contributed by atoms with Gasteiger partial charge in [-0.1, -0.05) is 0 Å². The van der Waals surface area contributed by atoms with Crippen molar-refractivity contribution in [3.8, 4) is 11.3 Å². The van der Waals surface area contributed by atoms with Crippen LogP contribution in [0.4, 0.5) is 10.6 Å². The van der Waals surface area contributed by atoms with Gasteiger partial charge in [0.1, 0.15) is 11.8 Å². The standard InChI is InChI=1S/C17H17N7O3/c18-15-14-12(16(25)23-7-10(8-23)6-20-17(26)27)5-13(24(14)22-9-21-15)11-1-3-19-4-2-11/h1-5,9-10,20H,6-8H2,(H,26,27)(H2,18,21,22). The van der Waals surface area contributed by atoms with Crippen LogP contribution in [0.15, 0.2) is 36.9 Å². The first-order valence-electron chi connectivity index (χ1n) is 8.33. The molecular formula is C17H17N7O3. The highest BCUT2D eigenvalue weighted by atomic mass is 16.4. The van der Waals surface area contributed by atoms with Gasteiger partial charge >= 0.3 is 6.09 Å². The van der Waals surface area contributed by atoms with E-state index in [0.29, 0.717) is 30.7 Å². The van der Waals surface area contributed by atoms with E-state index in [4.69, 9.17) is 10.8 Å². The van der Waals surface area contributed by atoms with Crippen LogP contribution in [0.1, 0.15) is 10.4 Å². The lowest BCUT2D eigenvalue weighted by Crippen LogP contribution is -2.53. The van der Waals surface area contributed by atoms with Crippen molar-refractivity contribution >= 4 is 23.3 Å². The molecule has 10 heteroatoms. The van der Waals surface area contributed by atoms with Crippen LogP contribution < -0.4 is 11.1 Å². The Hall–Kier alpha value is -3.69. The number of likely N-dealkylation sites (tertiary alicyclic amines) is 1. The van der Waals surface area contributed by atoms with Crippen molar-refractivity contribution in [3.05, 3.63) is 42.5 Å². The van der Waals surface area contributed by atoms with Crippen molar-refractivity contribution in [2.75, 3.05) is 25.4 Å². The largest absolute Gasteiger partial charge is 0.465 e. The fourth-order valence-corrected chi connectivity index (χ4v) is 3.23. The molecular weight excluding hydrogens is 350 g/mol. The molecule has 1 fully saturated rings. The Bertz CT molecular complexity index is 1010.